The Morgan fingerprint density at radius 1 is 1.17 bits per heavy atom. The predicted molar refractivity (Wildman–Crippen MR) is 79.2 cm³/mol. The average molecular weight is 327 g/mol. The Morgan fingerprint density at radius 2 is 2.00 bits per heavy atom. The molecule has 2 aromatic heterocycles. The highest BCUT2D eigenvalue weighted by Crippen LogP contribution is 2.39. The summed E-state index contributed by atoms with van der Waals surface area (Å²) in [5.74, 6) is 1.30. The minimum Gasteiger partial charge on any atom is -0.365 e. The van der Waals surface area contributed by atoms with E-state index >= 15 is 0 Å². The molecule has 5 rings (SSSR count). The van der Waals surface area contributed by atoms with Crippen molar-refractivity contribution in [1.29, 1.82) is 0 Å². The fraction of sp³-hybridized carbons (Fsp3) is 0.375. The smallest absolute Gasteiger partial charge is 0.280 e. The number of hydrogen-bond acceptors (Lipinski definition) is 6. The van der Waals surface area contributed by atoms with Crippen LogP contribution in [0.4, 0.5) is 4.39 Å². The fourth-order valence-corrected chi connectivity index (χ4v) is 2.90. The molecule has 122 valence electrons. The molecule has 7 nitrogen and oxygen atoms in total. The van der Waals surface area contributed by atoms with E-state index < -0.39 is 0 Å². The Bertz CT molecular complexity index is 884. The summed E-state index contributed by atoms with van der Waals surface area (Å²) in [5, 5.41) is 12.4. The van der Waals surface area contributed by atoms with Gasteiger partial charge in [-0.05, 0) is 30.5 Å². The first kappa shape index (κ1) is 13.8. The summed E-state index contributed by atoms with van der Waals surface area (Å²) in [5.41, 5.74) is 2.30. The largest absolute Gasteiger partial charge is 0.365 e. The number of ether oxygens (including phenoxy) is 1. The van der Waals surface area contributed by atoms with Gasteiger partial charge in [-0.1, -0.05) is 22.5 Å². The molecule has 0 amide bonds. The molecule has 1 fully saturated rings. The van der Waals surface area contributed by atoms with Gasteiger partial charge in [0.05, 0.1) is 18.8 Å². The molecule has 3 heterocycles. The van der Waals surface area contributed by atoms with E-state index in [0.717, 1.165) is 29.9 Å². The first-order valence-electron chi connectivity index (χ1n) is 7.91. The monoisotopic (exact) mass is 327 g/mol. The van der Waals surface area contributed by atoms with Crippen LogP contribution in [-0.4, -0.2) is 25.1 Å². The van der Waals surface area contributed by atoms with Crippen LogP contribution in [0.15, 0.2) is 28.8 Å². The summed E-state index contributed by atoms with van der Waals surface area (Å²) < 4.78 is 26.1. The molecule has 0 unspecified atom stereocenters. The third-order valence-electron chi connectivity index (χ3n) is 4.43. The van der Waals surface area contributed by atoms with Gasteiger partial charge in [-0.2, -0.15) is 4.98 Å². The van der Waals surface area contributed by atoms with Crippen molar-refractivity contribution in [1.82, 2.24) is 25.1 Å². The zero-order valence-corrected chi connectivity index (χ0v) is 12.7. The molecule has 0 radical (unpaired) electrons. The minimum absolute atomic E-state index is 0.183. The van der Waals surface area contributed by atoms with Gasteiger partial charge in [-0.25, -0.2) is 9.07 Å². The second-order valence-electron chi connectivity index (χ2n) is 6.15. The molecule has 2 aliphatic rings. The Kier molecular flexibility index (Phi) is 2.99. The number of rotatable bonds is 3. The number of hydrogen-bond donors (Lipinski definition) is 0. The molecular formula is C16H14FN5O2. The lowest BCUT2D eigenvalue weighted by Gasteiger charge is -2.24. The summed E-state index contributed by atoms with van der Waals surface area (Å²) in [6.07, 6.45) is 2.04. The van der Waals surface area contributed by atoms with Crippen molar-refractivity contribution in [2.45, 2.75) is 38.0 Å². The van der Waals surface area contributed by atoms with Gasteiger partial charge >= 0.3 is 0 Å². The Labute approximate surface area is 136 Å². The van der Waals surface area contributed by atoms with Gasteiger partial charge in [0.15, 0.2) is 11.5 Å². The maximum atomic E-state index is 13.1. The van der Waals surface area contributed by atoms with E-state index in [1.54, 1.807) is 16.8 Å². The first-order chi connectivity index (χ1) is 11.8. The molecule has 1 aromatic carbocycles. The zero-order chi connectivity index (χ0) is 16.1. The molecule has 1 aliphatic carbocycles. The quantitative estimate of drug-likeness (QED) is 0.736. The van der Waals surface area contributed by atoms with Gasteiger partial charge in [0, 0.05) is 5.92 Å². The van der Waals surface area contributed by atoms with E-state index in [9.17, 15) is 4.39 Å². The van der Waals surface area contributed by atoms with E-state index in [0.29, 0.717) is 30.7 Å². The lowest BCUT2D eigenvalue weighted by atomic mass is 10.1. The number of halogens is 1. The molecule has 1 aliphatic heterocycles. The highest BCUT2D eigenvalue weighted by molar-refractivity contribution is 5.50. The molecule has 3 aromatic rings. The van der Waals surface area contributed by atoms with Crippen LogP contribution in [-0.2, 0) is 17.9 Å². The van der Waals surface area contributed by atoms with Crippen LogP contribution in [0, 0.1) is 5.82 Å². The second kappa shape index (κ2) is 5.20. The SMILES string of the molecule is Fc1ccc([C@@H]2Cn3nnc(-c4nc(C5CC5)no4)c3CO2)cc1. The third-order valence-corrected chi connectivity index (χ3v) is 4.43. The van der Waals surface area contributed by atoms with Crippen LogP contribution in [0.2, 0.25) is 0 Å². The van der Waals surface area contributed by atoms with Crippen molar-refractivity contribution < 1.29 is 13.7 Å². The summed E-state index contributed by atoms with van der Waals surface area (Å²) in [6.45, 7) is 0.850. The third kappa shape index (κ3) is 2.30. The molecule has 0 saturated heterocycles. The van der Waals surface area contributed by atoms with Crippen LogP contribution < -0.4 is 0 Å². The van der Waals surface area contributed by atoms with Crippen molar-refractivity contribution >= 4 is 0 Å². The molecular weight excluding hydrogens is 313 g/mol. The Hall–Kier alpha value is -2.61. The van der Waals surface area contributed by atoms with Crippen LogP contribution in [0.1, 0.15) is 41.9 Å². The van der Waals surface area contributed by atoms with Gasteiger partial charge in [-0.15, -0.1) is 5.10 Å². The standard InChI is InChI=1S/C16H14FN5O2/c17-11-5-3-9(4-6-11)13-7-22-12(8-23-13)14(19-21-22)16-18-15(20-24-16)10-1-2-10/h3-6,10,13H,1-2,7-8H2/t13-/m0/s1. The van der Waals surface area contributed by atoms with E-state index in [1.807, 2.05) is 0 Å². The highest BCUT2D eigenvalue weighted by Gasteiger charge is 2.31. The Morgan fingerprint density at radius 3 is 2.79 bits per heavy atom. The van der Waals surface area contributed by atoms with Crippen LogP contribution in [0.3, 0.4) is 0 Å². The molecule has 0 spiro atoms. The second-order valence-corrected chi connectivity index (χ2v) is 6.15. The molecule has 1 saturated carbocycles. The summed E-state index contributed by atoms with van der Waals surface area (Å²) >= 11 is 0. The first-order valence-corrected chi connectivity index (χ1v) is 7.91. The summed E-state index contributed by atoms with van der Waals surface area (Å²) in [4.78, 5) is 4.42. The number of nitrogens with zero attached hydrogens (tertiary/aromatic N) is 5. The van der Waals surface area contributed by atoms with E-state index in [1.165, 1.54) is 12.1 Å². The number of benzene rings is 1. The predicted octanol–water partition coefficient (Wildman–Crippen LogP) is 2.62. The van der Waals surface area contributed by atoms with E-state index in [2.05, 4.69) is 20.5 Å². The van der Waals surface area contributed by atoms with Crippen LogP contribution in [0.25, 0.3) is 11.6 Å². The number of fused-ring (bicyclic) bond motifs is 1. The molecule has 0 bridgehead atoms. The normalized spacial score (nSPS) is 20.1. The maximum absolute atomic E-state index is 13.1. The molecule has 8 heteroatoms. The van der Waals surface area contributed by atoms with Gasteiger partial charge < -0.3 is 9.26 Å². The van der Waals surface area contributed by atoms with Crippen LogP contribution >= 0.6 is 0 Å². The van der Waals surface area contributed by atoms with Crippen molar-refractivity contribution in [2.24, 2.45) is 0 Å². The van der Waals surface area contributed by atoms with Gasteiger partial charge in [0.1, 0.15) is 11.9 Å². The highest BCUT2D eigenvalue weighted by atomic mass is 19.1. The van der Waals surface area contributed by atoms with Crippen molar-refractivity contribution in [2.75, 3.05) is 0 Å². The summed E-state index contributed by atoms with van der Waals surface area (Å²) in [7, 11) is 0. The van der Waals surface area contributed by atoms with Crippen molar-refractivity contribution in [3.8, 4) is 11.6 Å². The fourth-order valence-electron chi connectivity index (χ4n) is 2.90. The molecule has 1 atom stereocenters. The lowest BCUT2D eigenvalue weighted by Crippen LogP contribution is -2.22. The minimum atomic E-state index is -0.263. The summed E-state index contributed by atoms with van der Waals surface area (Å²) in [6, 6.07) is 6.31. The molecule has 24 heavy (non-hydrogen) atoms. The van der Waals surface area contributed by atoms with Gasteiger partial charge in [0.2, 0.25) is 0 Å². The lowest BCUT2D eigenvalue weighted by molar-refractivity contribution is -0.00120. The van der Waals surface area contributed by atoms with Crippen molar-refractivity contribution in [3.05, 3.63) is 47.2 Å². The van der Waals surface area contributed by atoms with Crippen molar-refractivity contribution in [3.63, 3.8) is 0 Å². The molecule has 0 N–H and O–H groups in total. The number of aromatic nitrogens is 5. The van der Waals surface area contributed by atoms with E-state index in [4.69, 9.17) is 9.26 Å². The average Bonchev–Trinajstić information content (AvgIpc) is 3.19. The van der Waals surface area contributed by atoms with Gasteiger partial charge in [0.25, 0.3) is 5.89 Å². The van der Waals surface area contributed by atoms with E-state index in [-0.39, 0.29) is 11.9 Å². The zero-order valence-electron chi connectivity index (χ0n) is 12.7. The van der Waals surface area contributed by atoms with Crippen LogP contribution in [0.5, 0.6) is 0 Å². The van der Waals surface area contributed by atoms with Gasteiger partial charge in [-0.3, -0.25) is 0 Å². The Balaban J connectivity index is 1.41. The maximum Gasteiger partial charge on any atom is 0.280 e. The topological polar surface area (TPSA) is 78.9 Å².